The number of rotatable bonds is 3. The number of imidazole rings is 1. The van der Waals surface area contributed by atoms with Gasteiger partial charge >= 0.3 is 5.88 Å². The molecule has 0 bridgehead atoms. The zero-order valence-electron chi connectivity index (χ0n) is 7.34. The topological polar surface area (TPSA) is 102 Å². The molecule has 0 saturated heterocycles. The summed E-state index contributed by atoms with van der Waals surface area (Å²) in [5.74, 6) is 0.133. The summed E-state index contributed by atoms with van der Waals surface area (Å²) in [6.07, 6.45) is 1.95. The van der Waals surface area contributed by atoms with Crippen molar-refractivity contribution < 1.29 is 14.1 Å². The summed E-state index contributed by atoms with van der Waals surface area (Å²) in [7, 11) is 0. The Balaban J connectivity index is 2.36. The van der Waals surface area contributed by atoms with E-state index >= 15 is 0 Å². The van der Waals surface area contributed by atoms with E-state index in [-0.39, 0.29) is 23.2 Å². The minimum Gasteiger partial charge on any atom is -0.397 e. The number of furan rings is 1. The molecule has 2 rings (SSSR count). The molecule has 0 aliphatic heterocycles. The van der Waals surface area contributed by atoms with Crippen LogP contribution in [-0.4, -0.2) is 21.2 Å². The lowest BCUT2D eigenvalue weighted by Gasteiger charge is -1.86. The van der Waals surface area contributed by atoms with E-state index in [9.17, 15) is 14.9 Å². The zero-order valence-corrected chi connectivity index (χ0v) is 7.34. The van der Waals surface area contributed by atoms with Crippen LogP contribution >= 0.6 is 0 Å². The van der Waals surface area contributed by atoms with Gasteiger partial charge in [-0.05, 0) is 6.07 Å². The van der Waals surface area contributed by atoms with E-state index in [2.05, 4.69) is 9.97 Å². The van der Waals surface area contributed by atoms with Gasteiger partial charge < -0.3 is 9.40 Å². The van der Waals surface area contributed by atoms with Crippen molar-refractivity contribution in [2.45, 2.75) is 0 Å². The van der Waals surface area contributed by atoms with Gasteiger partial charge in [0.05, 0.1) is 6.07 Å². The number of hydrogen-bond acceptors (Lipinski definition) is 5. The molecule has 2 heterocycles. The van der Waals surface area contributed by atoms with Gasteiger partial charge in [0.15, 0.2) is 17.9 Å². The Morgan fingerprint density at radius 2 is 2.33 bits per heavy atom. The van der Waals surface area contributed by atoms with Gasteiger partial charge in [-0.1, -0.05) is 0 Å². The summed E-state index contributed by atoms with van der Waals surface area (Å²) in [5.41, 5.74) is 0.212. The van der Waals surface area contributed by atoms with E-state index in [0.29, 0.717) is 6.29 Å². The third-order valence-corrected chi connectivity index (χ3v) is 1.72. The maximum Gasteiger partial charge on any atom is 0.433 e. The zero-order chi connectivity index (χ0) is 10.8. The second kappa shape index (κ2) is 3.37. The minimum absolute atomic E-state index is 0.212. The van der Waals surface area contributed by atoms with Crippen LogP contribution in [0.2, 0.25) is 0 Å². The van der Waals surface area contributed by atoms with Gasteiger partial charge in [0.25, 0.3) is 0 Å². The summed E-state index contributed by atoms with van der Waals surface area (Å²) in [6.45, 7) is 0. The molecule has 76 valence electrons. The first-order valence-electron chi connectivity index (χ1n) is 3.96. The second-order valence-electron chi connectivity index (χ2n) is 2.69. The molecule has 1 N–H and O–H groups in total. The first kappa shape index (κ1) is 9.13. The largest absolute Gasteiger partial charge is 0.433 e. The van der Waals surface area contributed by atoms with E-state index in [0.717, 1.165) is 0 Å². The van der Waals surface area contributed by atoms with Crippen molar-refractivity contribution in [1.82, 2.24) is 9.97 Å². The molecule has 0 fully saturated rings. The Morgan fingerprint density at radius 3 is 2.87 bits per heavy atom. The number of aldehydes is 1. The van der Waals surface area contributed by atoms with Gasteiger partial charge in [-0.25, -0.2) is 4.98 Å². The quantitative estimate of drug-likeness (QED) is 0.465. The number of carbonyl (C=O) groups excluding carboxylic acids is 1. The van der Waals surface area contributed by atoms with E-state index in [4.69, 9.17) is 4.42 Å². The number of aromatic nitrogens is 2. The fourth-order valence-electron chi connectivity index (χ4n) is 1.08. The SMILES string of the molecule is O=Cc1c[nH]c(-c2ccc([N+](=O)[O-])o2)n1. The summed E-state index contributed by atoms with van der Waals surface area (Å²) in [6, 6.07) is 2.63. The first-order chi connectivity index (χ1) is 7.20. The van der Waals surface area contributed by atoms with Gasteiger partial charge in [0, 0.05) is 6.20 Å². The van der Waals surface area contributed by atoms with Gasteiger partial charge in [-0.2, -0.15) is 0 Å². The third kappa shape index (κ3) is 1.62. The van der Waals surface area contributed by atoms with Crippen molar-refractivity contribution in [2.75, 3.05) is 0 Å². The molecule has 15 heavy (non-hydrogen) atoms. The molecule has 2 aromatic rings. The monoisotopic (exact) mass is 207 g/mol. The van der Waals surface area contributed by atoms with Crippen LogP contribution in [0.4, 0.5) is 5.88 Å². The second-order valence-corrected chi connectivity index (χ2v) is 2.69. The van der Waals surface area contributed by atoms with Crippen LogP contribution in [0.1, 0.15) is 10.5 Å². The lowest BCUT2D eigenvalue weighted by Crippen LogP contribution is -1.83. The molecule has 0 aromatic carbocycles. The molecular weight excluding hydrogens is 202 g/mol. The van der Waals surface area contributed by atoms with Crippen LogP contribution < -0.4 is 0 Å². The van der Waals surface area contributed by atoms with Crippen molar-refractivity contribution in [3.63, 3.8) is 0 Å². The third-order valence-electron chi connectivity index (χ3n) is 1.72. The van der Waals surface area contributed by atoms with Gasteiger partial charge in [-0.15, -0.1) is 0 Å². The Labute approximate surface area is 82.9 Å². The summed E-state index contributed by atoms with van der Waals surface area (Å²) in [5, 5.41) is 10.3. The van der Waals surface area contributed by atoms with Crippen LogP contribution in [0.3, 0.4) is 0 Å². The highest BCUT2D eigenvalue weighted by molar-refractivity contribution is 5.72. The van der Waals surface area contributed by atoms with Crippen LogP contribution in [-0.2, 0) is 0 Å². The number of aromatic amines is 1. The highest BCUT2D eigenvalue weighted by atomic mass is 16.6. The minimum atomic E-state index is -0.646. The van der Waals surface area contributed by atoms with Gasteiger partial charge in [-0.3, -0.25) is 14.9 Å². The van der Waals surface area contributed by atoms with Crippen LogP contribution in [0.5, 0.6) is 0 Å². The number of nitrogens with one attached hydrogen (secondary N) is 1. The van der Waals surface area contributed by atoms with Crippen LogP contribution in [0.25, 0.3) is 11.6 Å². The van der Waals surface area contributed by atoms with E-state index in [1.807, 2.05) is 0 Å². The lowest BCUT2D eigenvalue weighted by atomic mass is 10.4. The van der Waals surface area contributed by atoms with E-state index < -0.39 is 4.92 Å². The molecule has 0 saturated carbocycles. The van der Waals surface area contributed by atoms with Gasteiger partial charge in [0.1, 0.15) is 10.6 Å². The number of H-pyrrole nitrogens is 1. The Hall–Kier alpha value is -2.44. The predicted octanol–water partition coefficient (Wildman–Crippen LogP) is 1.39. The molecule has 0 spiro atoms. The van der Waals surface area contributed by atoms with E-state index in [1.54, 1.807) is 0 Å². The van der Waals surface area contributed by atoms with Crippen molar-refractivity contribution in [1.29, 1.82) is 0 Å². The maximum absolute atomic E-state index is 10.3. The van der Waals surface area contributed by atoms with Crippen molar-refractivity contribution in [3.05, 3.63) is 34.1 Å². The average molecular weight is 207 g/mol. The number of nitrogens with zero attached hydrogens (tertiary/aromatic N) is 2. The van der Waals surface area contributed by atoms with Crippen molar-refractivity contribution in [3.8, 4) is 11.6 Å². The Bertz CT molecular complexity index is 513. The van der Waals surface area contributed by atoms with Crippen molar-refractivity contribution in [2.24, 2.45) is 0 Å². The molecule has 0 unspecified atom stereocenters. The normalized spacial score (nSPS) is 10.1. The smallest absolute Gasteiger partial charge is 0.397 e. The maximum atomic E-state index is 10.3. The number of carbonyl (C=O) groups is 1. The summed E-state index contributed by atoms with van der Waals surface area (Å²) >= 11 is 0. The highest BCUT2D eigenvalue weighted by Crippen LogP contribution is 2.23. The first-order valence-corrected chi connectivity index (χ1v) is 3.96. The predicted molar refractivity (Wildman–Crippen MR) is 48.3 cm³/mol. The molecule has 0 radical (unpaired) electrons. The van der Waals surface area contributed by atoms with Crippen LogP contribution in [0, 0.1) is 10.1 Å². The molecule has 7 heteroatoms. The molecule has 2 aromatic heterocycles. The van der Waals surface area contributed by atoms with Crippen LogP contribution in [0.15, 0.2) is 22.7 Å². The summed E-state index contributed by atoms with van der Waals surface area (Å²) < 4.78 is 4.88. The van der Waals surface area contributed by atoms with E-state index in [1.165, 1.54) is 18.3 Å². The molecular formula is C8H5N3O4. The van der Waals surface area contributed by atoms with Gasteiger partial charge in [0.2, 0.25) is 0 Å². The Kier molecular flexibility index (Phi) is 2.05. The molecule has 7 nitrogen and oxygen atoms in total. The fourth-order valence-corrected chi connectivity index (χ4v) is 1.08. The Morgan fingerprint density at radius 1 is 1.53 bits per heavy atom. The average Bonchev–Trinajstić information content (AvgIpc) is 2.86. The number of hydrogen-bond donors (Lipinski definition) is 1. The van der Waals surface area contributed by atoms with Crippen molar-refractivity contribution >= 4 is 12.2 Å². The molecule has 0 aliphatic rings. The summed E-state index contributed by atoms with van der Waals surface area (Å²) in [4.78, 5) is 26.5. The fraction of sp³-hybridized carbons (Fsp3) is 0. The molecule has 0 aliphatic carbocycles. The molecule has 0 amide bonds. The molecule has 0 atom stereocenters. The lowest BCUT2D eigenvalue weighted by molar-refractivity contribution is -0.401. The standard InChI is InChI=1S/C8H5N3O4/c12-4-5-3-9-8(10-5)6-1-2-7(15-6)11(13)14/h1-4H,(H,9,10). The number of nitro groups is 1. The highest BCUT2D eigenvalue weighted by Gasteiger charge is 2.14.